The van der Waals surface area contributed by atoms with Crippen molar-refractivity contribution in [3.8, 4) is 22.5 Å². The van der Waals surface area contributed by atoms with Gasteiger partial charge in [-0.2, -0.15) is 0 Å². The zero-order valence-electron chi connectivity index (χ0n) is 22.1. The second kappa shape index (κ2) is 10.7. The van der Waals surface area contributed by atoms with E-state index in [1.807, 2.05) is 62.4 Å². The molecule has 0 spiro atoms. The molecule has 1 aromatic heterocycles. The summed E-state index contributed by atoms with van der Waals surface area (Å²) < 4.78 is 11.0. The molecule has 1 heterocycles. The molecule has 1 fully saturated rings. The third kappa shape index (κ3) is 5.14. The maximum atomic E-state index is 12.4. The van der Waals surface area contributed by atoms with Crippen LogP contribution in [-0.4, -0.2) is 22.8 Å². The van der Waals surface area contributed by atoms with Crippen LogP contribution in [0.5, 0.6) is 0 Å². The predicted octanol–water partition coefficient (Wildman–Crippen LogP) is 7.69. The van der Waals surface area contributed by atoms with Crippen molar-refractivity contribution in [2.24, 2.45) is 5.92 Å². The van der Waals surface area contributed by atoms with Crippen molar-refractivity contribution in [1.29, 1.82) is 0 Å². The standard InChI is InChI=1S/C33H33NO4/c1-4-37-32(36)33(18-19-33)28-16-14-25(15-17-28)24-10-12-27(13-11-24)31-29(23(3)34-38-31)20-22(2)21-30(35)26-8-6-5-7-9-26/h5-17,21-22,35H,4,18-20H2,1-3H3/b30-21-. The van der Waals surface area contributed by atoms with Gasteiger partial charge in [0.05, 0.1) is 17.7 Å². The Morgan fingerprint density at radius 1 is 1.00 bits per heavy atom. The highest BCUT2D eigenvalue weighted by atomic mass is 16.5. The van der Waals surface area contributed by atoms with E-state index in [-0.39, 0.29) is 17.6 Å². The van der Waals surface area contributed by atoms with Gasteiger partial charge in [0.1, 0.15) is 5.76 Å². The number of aliphatic hydroxyl groups excluding tert-OH is 1. The van der Waals surface area contributed by atoms with Crippen molar-refractivity contribution in [2.75, 3.05) is 6.61 Å². The van der Waals surface area contributed by atoms with Gasteiger partial charge in [-0.15, -0.1) is 0 Å². The van der Waals surface area contributed by atoms with E-state index in [1.165, 1.54) is 0 Å². The van der Waals surface area contributed by atoms with Crippen molar-refractivity contribution in [3.05, 3.63) is 107 Å². The third-order valence-electron chi connectivity index (χ3n) is 7.36. The van der Waals surface area contributed by atoms with Crippen LogP contribution >= 0.6 is 0 Å². The van der Waals surface area contributed by atoms with E-state index < -0.39 is 5.41 Å². The molecule has 0 radical (unpaired) electrons. The number of esters is 1. The van der Waals surface area contributed by atoms with Gasteiger partial charge in [-0.25, -0.2) is 0 Å². The lowest BCUT2D eigenvalue weighted by molar-refractivity contribution is -0.146. The third-order valence-corrected chi connectivity index (χ3v) is 7.36. The van der Waals surface area contributed by atoms with Gasteiger partial charge in [0.2, 0.25) is 0 Å². The SMILES string of the molecule is CCOC(=O)C1(c2ccc(-c3ccc(-c4onc(C)c4CC(C)/C=C(\O)c4ccccc4)cc3)cc2)CC1. The molecule has 4 aromatic rings. The van der Waals surface area contributed by atoms with Gasteiger partial charge in [0, 0.05) is 16.7 Å². The van der Waals surface area contributed by atoms with E-state index in [2.05, 4.69) is 48.5 Å². The lowest BCUT2D eigenvalue weighted by Gasteiger charge is -2.14. The zero-order chi connectivity index (χ0) is 26.7. The number of carbonyl (C=O) groups is 1. The monoisotopic (exact) mass is 507 g/mol. The Morgan fingerprint density at radius 2 is 1.61 bits per heavy atom. The predicted molar refractivity (Wildman–Crippen MR) is 150 cm³/mol. The van der Waals surface area contributed by atoms with Crippen molar-refractivity contribution >= 4 is 11.7 Å². The van der Waals surface area contributed by atoms with Gasteiger partial charge >= 0.3 is 5.97 Å². The van der Waals surface area contributed by atoms with Gasteiger partial charge in [-0.3, -0.25) is 4.79 Å². The number of rotatable bonds is 9. The number of aliphatic hydroxyl groups is 1. The van der Waals surface area contributed by atoms with Crippen LogP contribution in [0.1, 0.15) is 49.1 Å². The van der Waals surface area contributed by atoms with Crippen LogP contribution in [0.25, 0.3) is 28.2 Å². The minimum absolute atomic E-state index is 0.0919. The molecule has 1 atom stereocenters. The first-order chi connectivity index (χ1) is 18.4. The normalized spacial score (nSPS) is 15.2. The molecule has 1 N–H and O–H groups in total. The second-order valence-electron chi connectivity index (χ2n) is 10.1. The number of carbonyl (C=O) groups excluding carboxylic acids is 1. The molecule has 5 nitrogen and oxygen atoms in total. The number of benzene rings is 3. The van der Waals surface area contributed by atoms with Gasteiger partial charge in [-0.1, -0.05) is 90.9 Å². The quantitative estimate of drug-likeness (QED) is 0.186. The van der Waals surface area contributed by atoms with E-state index in [4.69, 9.17) is 9.26 Å². The molecular weight excluding hydrogens is 474 g/mol. The Labute approximate surface area is 223 Å². The Kier molecular flexibility index (Phi) is 7.19. The van der Waals surface area contributed by atoms with E-state index in [0.29, 0.717) is 13.0 Å². The van der Waals surface area contributed by atoms with Crippen LogP contribution in [0.4, 0.5) is 0 Å². The summed E-state index contributed by atoms with van der Waals surface area (Å²) in [5, 5.41) is 14.8. The molecule has 0 saturated heterocycles. The largest absolute Gasteiger partial charge is 0.508 e. The van der Waals surface area contributed by atoms with Crippen LogP contribution in [0, 0.1) is 12.8 Å². The second-order valence-corrected chi connectivity index (χ2v) is 10.1. The van der Waals surface area contributed by atoms with Gasteiger partial charge in [0.25, 0.3) is 0 Å². The zero-order valence-corrected chi connectivity index (χ0v) is 22.1. The number of aryl methyl sites for hydroxylation is 1. The minimum Gasteiger partial charge on any atom is -0.508 e. The van der Waals surface area contributed by atoms with Gasteiger partial charge in [0.15, 0.2) is 5.76 Å². The smallest absolute Gasteiger partial charge is 0.316 e. The fourth-order valence-corrected chi connectivity index (χ4v) is 5.01. The highest BCUT2D eigenvalue weighted by Crippen LogP contribution is 2.49. The molecule has 1 aliphatic carbocycles. The number of aromatic nitrogens is 1. The number of allylic oxidation sites excluding steroid dienone is 1. The van der Waals surface area contributed by atoms with Crippen LogP contribution in [-0.2, 0) is 21.4 Å². The Hall–Kier alpha value is -4.12. The molecule has 5 rings (SSSR count). The summed E-state index contributed by atoms with van der Waals surface area (Å²) in [6.07, 6.45) is 4.27. The minimum atomic E-state index is -0.455. The number of nitrogens with zero attached hydrogens (tertiary/aromatic N) is 1. The fourth-order valence-electron chi connectivity index (χ4n) is 5.01. The van der Waals surface area contributed by atoms with Gasteiger partial charge < -0.3 is 14.4 Å². The summed E-state index contributed by atoms with van der Waals surface area (Å²) in [6.45, 7) is 6.28. The highest BCUT2D eigenvalue weighted by molar-refractivity contribution is 5.87. The van der Waals surface area contributed by atoms with E-state index >= 15 is 0 Å². The molecular formula is C33H33NO4. The lowest BCUT2D eigenvalue weighted by Crippen LogP contribution is -2.23. The van der Waals surface area contributed by atoms with E-state index in [9.17, 15) is 9.90 Å². The first-order valence-electron chi connectivity index (χ1n) is 13.2. The molecule has 194 valence electrons. The number of hydrogen-bond acceptors (Lipinski definition) is 5. The molecule has 5 heteroatoms. The Balaban J connectivity index is 1.32. The molecule has 3 aromatic carbocycles. The molecule has 1 aliphatic rings. The van der Waals surface area contributed by atoms with Crippen molar-refractivity contribution in [2.45, 2.75) is 45.4 Å². The fraction of sp³-hybridized carbons (Fsp3) is 0.273. The van der Waals surface area contributed by atoms with Crippen LogP contribution < -0.4 is 0 Å². The summed E-state index contributed by atoms with van der Waals surface area (Å²) in [5.74, 6) is 1.01. The van der Waals surface area contributed by atoms with Crippen molar-refractivity contribution in [3.63, 3.8) is 0 Å². The Bertz CT molecular complexity index is 1430. The average Bonchev–Trinajstić information content (AvgIpc) is 3.68. The summed E-state index contributed by atoms with van der Waals surface area (Å²) in [6, 6.07) is 26.0. The summed E-state index contributed by atoms with van der Waals surface area (Å²) >= 11 is 0. The summed E-state index contributed by atoms with van der Waals surface area (Å²) in [7, 11) is 0. The maximum absolute atomic E-state index is 12.4. The number of hydrogen-bond donors (Lipinski definition) is 1. The van der Waals surface area contributed by atoms with Crippen molar-refractivity contribution in [1.82, 2.24) is 5.16 Å². The van der Waals surface area contributed by atoms with Crippen LogP contribution in [0.15, 0.2) is 89.5 Å². The molecule has 1 unspecified atom stereocenters. The lowest BCUT2D eigenvalue weighted by atomic mass is 9.93. The van der Waals surface area contributed by atoms with Crippen LogP contribution in [0.3, 0.4) is 0 Å². The molecule has 0 aliphatic heterocycles. The summed E-state index contributed by atoms with van der Waals surface area (Å²) in [4.78, 5) is 12.4. The highest BCUT2D eigenvalue weighted by Gasteiger charge is 2.52. The van der Waals surface area contributed by atoms with Gasteiger partial charge in [-0.05, 0) is 61.8 Å². The first kappa shape index (κ1) is 25.5. The summed E-state index contributed by atoms with van der Waals surface area (Å²) in [5.41, 5.74) is 6.41. The first-order valence-corrected chi connectivity index (χ1v) is 13.2. The molecule has 1 saturated carbocycles. The van der Waals surface area contributed by atoms with Crippen LogP contribution in [0.2, 0.25) is 0 Å². The van der Waals surface area contributed by atoms with E-state index in [1.54, 1.807) is 0 Å². The molecule has 0 amide bonds. The molecule has 38 heavy (non-hydrogen) atoms. The number of ether oxygens (including phenoxy) is 1. The Morgan fingerprint density at radius 3 is 2.21 bits per heavy atom. The van der Waals surface area contributed by atoms with Crippen molar-refractivity contribution < 1.29 is 19.2 Å². The molecule has 0 bridgehead atoms. The average molecular weight is 508 g/mol. The maximum Gasteiger partial charge on any atom is 0.316 e. The van der Waals surface area contributed by atoms with E-state index in [0.717, 1.165) is 57.7 Å². The topological polar surface area (TPSA) is 72.6 Å².